The van der Waals surface area contributed by atoms with Gasteiger partial charge in [-0.1, -0.05) is 6.07 Å². The van der Waals surface area contributed by atoms with Gasteiger partial charge in [0.25, 0.3) is 0 Å². The van der Waals surface area contributed by atoms with E-state index in [-0.39, 0.29) is 18.1 Å². The quantitative estimate of drug-likeness (QED) is 0.933. The first-order valence-corrected chi connectivity index (χ1v) is 6.19. The predicted octanol–water partition coefficient (Wildman–Crippen LogP) is 3.40. The summed E-state index contributed by atoms with van der Waals surface area (Å²) in [6, 6.07) is 9.51. The highest BCUT2D eigenvalue weighted by atomic mass is 19.1. The summed E-state index contributed by atoms with van der Waals surface area (Å²) in [5, 5.41) is 9.65. The van der Waals surface area contributed by atoms with Crippen LogP contribution in [0.2, 0.25) is 0 Å². The van der Waals surface area contributed by atoms with Gasteiger partial charge in [-0.2, -0.15) is 0 Å². The summed E-state index contributed by atoms with van der Waals surface area (Å²) < 4.78 is 29.8. The monoisotopic (exact) mass is 276 g/mol. The van der Waals surface area contributed by atoms with Crippen LogP contribution in [-0.4, -0.2) is 11.9 Å². The molecule has 20 heavy (non-hydrogen) atoms. The molecule has 1 N–H and O–H groups in total. The van der Waals surface area contributed by atoms with Crippen LogP contribution in [0.4, 0.5) is 4.39 Å². The SMILES string of the molecule is C[C@H](O)c1c(F)cccc1Oc1ccc2c(c1)OCO2. The maximum absolute atomic E-state index is 13.7. The third-order valence-corrected chi connectivity index (χ3v) is 3.00. The summed E-state index contributed by atoms with van der Waals surface area (Å²) in [5.74, 6) is 1.49. The lowest BCUT2D eigenvalue weighted by molar-refractivity contribution is 0.174. The lowest BCUT2D eigenvalue weighted by atomic mass is 10.1. The molecule has 0 aromatic heterocycles. The first-order valence-electron chi connectivity index (χ1n) is 6.19. The van der Waals surface area contributed by atoms with Crippen molar-refractivity contribution in [1.29, 1.82) is 0 Å². The highest BCUT2D eigenvalue weighted by molar-refractivity contribution is 5.49. The molecule has 0 spiro atoms. The van der Waals surface area contributed by atoms with Crippen LogP contribution in [-0.2, 0) is 0 Å². The van der Waals surface area contributed by atoms with Crippen LogP contribution in [0.15, 0.2) is 36.4 Å². The fraction of sp³-hybridized carbons (Fsp3) is 0.200. The Labute approximate surface area is 115 Å². The largest absolute Gasteiger partial charge is 0.457 e. The van der Waals surface area contributed by atoms with Crippen LogP contribution in [0.1, 0.15) is 18.6 Å². The molecule has 1 aliphatic heterocycles. The van der Waals surface area contributed by atoms with E-state index in [1.54, 1.807) is 24.3 Å². The molecule has 0 fully saturated rings. The molecule has 0 bridgehead atoms. The molecular formula is C15H13FO4. The molecule has 0 aliphatic carbocycles. The minimum atomic E-state index is -0.958. The Bertz CT molecular complexity index is 640. The number of aliphatic hydroxyl groups excluding tert-OH is 1. The normalized spacial score (nSPS) is 14.2. The summed E-state index contributed by atoms with van der Waals surface area (Å²) in [5.41, 5.74) is 0.130. The van der Waals surface area contributed by atoms with Gasteiger partial charge < -0.3 is 19.3 Å². The number of fused-ring (bicyclic) bond motifs is 1. The summed E-state index contributed by atoms with van der Waals surface area (Å²) in [4.78, 5) is 0. The minimum Gasteiger partial charge on any atom is -0.457 e. The predicted molar refractivity (Wildman–Crippen MR) is 69.7 cm³/mol. The van der Waals surface area contributed by atoms with Crippen molar-refractivity contribution in [2.75, 3.05) is 6.79 Å². The number of ether oxygens (including phenoxy) is 3. The van der Waals surface area contributed by atoms with E-state index in [0.717, 1.165) is 0 Å². The number of hydrogen-bond acceptors (Lipinski definition) is 4. The molecule has 1 atom stereocenters. The fourth-order valence-electron chi connectivity index (χ4n) is 2.08. The number of hydrogen-bond donors (Lipinski definition) is 1. The second kappa shape index (κ2) is 5.02. The molecular weight excluding hydrogens is 263 g/mol. The second-order valence-corrected chi connectivity index (χ2v) is 4.44. The molecule has 2 aromatic rings. The average molecular weight is 276 g/mol. The molecule has 0 saturated carbocycles. The van der Waals surface area contributed by atoms with Gasteiger partial charge in [-0.3, -0.25) is 0 Å². The van der Waals surface area contributed by atoms with Crippen molar-refractivity contribution in [2.45, 2.75) is 13.0 Å². The minimum absolute atomic E-state index is 0.130. The van der Waals surface area contributed by atoms with Crippen molar-refractivity contribution in [3.8, 4) is 23.0 Å². The molecule has 2 aromatic carbocycles. The van der Waals surface area contributed by atoms with E-state index in [1.807, 2.05) is 0 Å². The van der Waals surface area contributed by atoms with Crippen molar-refractivity contribution >= 4 is 0 Å². The molecule has 1 heterocycles. The number of rotatable bonds is 3. The van der Waals surface area contributed by atoms with Gasteiger partial charge in [0.15, 0.2) is 11.5 Å². The van der Waals surface area contributed by atoms with Crippen molar-refractivity contribution in [3.63, 3.8) is 0 Å². The molecule has 3 rings (SSSR count). The zero-order valence-electron chi connectivity index (χ0n) is 10.8. The maximum Gasteiger partial charge on any atom is 0.231 e. The van der Waals surface area contributed by atoms with E-state index in [1.165, 1.54) is 19.1 Å². The topological polar surface area (TPSA) is 47.9 Å². The molecule has 0 radical (unpaired) electrons. The van der Waals surface area contributed by atoms with Crippen LogP contribution in [0.5, 0.6) is 23.0 Å². The summed E-state index contributed by atoms with van der Waals surface area (Å²) in [6.07, 6.45) is -0.958. The van der Waals surface area contributed by atoms with Gasteiger partial charge >= 0.3 is 0 Å². The van der Waals surface area contributed by atoms with Gasteiger partial charge in [0.2, 0.25) is 6.79 Å². The second-order valence-electron chi connectivity index (χ2n) is 4.44. The molecule has 4 nitrogen and oxygen atoms in total. The highest BCUT2D eigenvalue weighted by Crippen LogP contribution is 2.38. The van der Waals surface area contributed by atoms with Gasteiger partial charge in [-0.25, -0.2) is 4.39 Å². The van der Waals surface area contributed by atoms with Crippen molar-refractivity contribution in [2.24, 2.45) is 0 Å². The lowest BCUT2D eigenvalue weighted by Crippen LogP contribution is -1.99. The van der Waals surface area contributed by atoms with E-state index in [2.05, 4.69) is 0 Å². The Hall–Kier alpha value is -2.27. The van der Waals surface area contributed by atoms with Crippen LogP contribution in [0.3, 0.4) is 0 Å². The van der Waals surface area contributed by atoms with Gasteiger partial charge in [0, 0.05) is 6.07 Å². The first-order chi connectivity index (χ1) is 9.65. The molecule has 0 amide bonds. The third-order valence-electron chi connectivity index (χ3n) is 3.00. The number of benzene rings is 2. The Balaban J connectivity index is 1.93. The molecule has 1 aliphatic rings. The van der Waals surface area contributed by atoms with Crippen molar-refractivity contribution in [1.82, 2.24) is 0 Å². The van der Waals surface area contributed by atoms with E-state index in [0.29, 0.717) is 17.2 Å². The standard InChI is InChI=1S/C15H13FO4/c1-9(17)15-11(16)3-2-4-13(15)20-10-5-6-12-14(7-10)19-8-18-12/h2-7,9,17H,8H2,1H3/t9-/m0/s1. The smallest absolute Gasteiger partial charge is 0.231 e. The first kappa shape index (κ1) is 12.7. The van der Waals surface area contributed by atoms with Crippen LogP contribution in [0, 0.1) is 5.82 Å². The molecule has 0 saturated heterocycles. The zero-order chi connectivity index (χ0) is 14.1. The van der Waals surface area contributed by atoms with E-state index >= 15 is 0 Å². The Kier molecular flexibility index (Phi) is 3.20. The van der Waals surface area contributed by atoms with Crippen molar-refractivity contribution in [3.05, 3.63) is 47.8 Å². The average Bonchev–Trinajstić information content (AvgIpc) is 2.85. The van der Waals surface area contributed by atoms with E-state index in [9.17, 15) is 9.50 Å². The zero-order valence-corrected chi connectivity index (χ0v) is 10.8. The summed E-state index contributed by atoms with van der Waals surface area (Å²) >= 11 is 0. The van der Waals surface area contributed by atoms with Gasteiger partial charge in [0.1, 0.15) is 17.3 Å². The Morgan fingerprint density at radius 3 is 2.80 bits per heavy atom. The van der Waals surface area contributed by atoms with Crippen LogP contribution >= 0.6 is 0 Å². The van der Waals surface area contributed by atoms with Gasteiger partial charge in [-0.05, 0) is 31.2 Å². The third kappa shape index (κ3) is 2.28. The molecule has 5 heteroatoms. The highest BCUT2D eigenvalue weighted by Gasteiger charge is 2.17. The molecule has 0 unspecified atom stereocenters. The Morgan fingerprint density at radius 2 is 2.00 bits per heavy atom. The summed E-state index contributed by atoms with van der Waals surface area (Å²) in [6.45, 7) is 1.67. The maximum atomic E-state index is 13.7. The van der Waals surface area contributed by atoms with Gasteiger partial charge in [0.05, 0.1) is 11.7 Å². The van der Waals surface area contributed by atoms with Crippen LogP contribution in [0.25, 0.3) is 0 Å². The molecule has 104 valence electrons. The van der Waals surface area contributed by atoms with E-state index in [4.69, 9.17) is 14.2 Å². The number of aliphatic hydroxyl groups is 1. The van der Waals surface area contributed by atoms with Crippen LogP contribution < -0.4 is 14.2 Å². The number of halogens is 1. The van der Waals surface area contributed by atoms with E-state index < -0.39 is 11.9 Å². The fourth-order valence-corrected chi connectivity index (χ4v) is 2.08. The van der Waals surface area contributed by atoms with Gasteiger partial charge in [-0.15, -0.1) is 0 Å². The Morgan fingerprint density at radius 1 is 1.20 bits per heavy atom. The summed E-state index contributed by atoms with van der Waals surface area (Å²) in [7, 11) is 0. The lowest BCUT2D eigenvalue weighted by Gasteiger charge is -2.14. The van der Waals surface area contributed by atoms with Crippen molar-refractivity contribution < 1.29 is 23.7 Å².